The first kappa shape index (κ1) is 14.1. The molecule has 0 radical (unpaired) electrons. The summed E-state index contributed by atoms with van der Waals surface area (Å²) in [5.74, 6) is 0.279. The molecule has 1 aromatic carbocycles. The highest BCUT2D eigenvalue weighted by molar-refractivity contribution is 6.01. The van der Waals surface area contributed by atoms with Gasteiger partial charge in [-0.1, -0.05) is 25.1 Å². The van der Waals surface area contributed by atoms with Crippen LogP contribution in [0.5, 0.6) is 0 Å². The Morgan fingerprint density at radius 3 is 2.60 bits per heavy atom. The number of ketones is 1. The van der Waals surface area contributed by atoms with Crippen molar-refractivity contribution in [3.8, 4) is 0 Å². The second kappa shape index (κ2) is 6.19. The molecule has 2 rings (SSSR count). The van der Waals surface area contributed by atoms with Gasteiger partial charge in [0, 0.05) is 18.2 Å². The zero-order chi connectivity index (χ0) is 14.5. The lowest BCUT2D eigenvalue weighted by atomic mass is 10.1. The fourth-order valence-electron chi connectivity index (χ4n) is 2.00. The van der Waals surface area contributed by atoms with E-state index in [4.69, 9.17) is 4.42 Å². The van der Waals surface area contributed by atoms with Crippen molar-refractivity contribution in [2.75, 3.05) is 5.32 Å². The van der Waals surface area contributed by atoms with Crippen molar-refractivity contribution in [2.24, 2.45) is 0 Å². The third kappa shape index (κ3) is 3.15. The number of anilines is 2. The van der Waals surface area contributed by atoms with Crippen LogP contribution in [-0.4, -0.2) is 5.78 Å². The minimum atomic E-state index is -0.582. The molecule has 4 nitrogen and oxygen atoms in total. The van der Waals surface area contributed by atoms with Gasteiger partial charge in [-0.3, -0.25) is 4.79 Å². The van der Waals surface area contributed by atoms with E-state index in [2.05, 4.69) is 5.32 Å². The van der Waals surface area contributed by atoms with Gasteiger partial charge >= 0.3 is 5.63 Å². The van der Waals surface area contributed by atoms with Gasteiger partial charge in [-0.05, 0) is 25.5 Å². The van der Waals surface area contributed by atoms with E-state index < -0.39 is 5.63 Å². The maximum Gasteiger partial charge on any atom is 0.348 e. The first-order valence-corrected chi connectivity index (χ1v) is 6.62. The highest BCUT2D eigenvalue weighted by Gasteiger charge is 2.17. The summed E-state index contributed by atoms with van der Waals surface area (Å²) < 4.78 is 5.04. The van der Waals surface area contributed by atoms with E-state index in [9.17, 15) is 9.59 Å². The Morgan fingerprint density at radius 2 is 1.95 bits per heavy atom. The van der Waals surface area contributed by atoms with Gasteiger partial charge in [-0.25, -0.2) is 4.79 Å². The van der Waals surface area contributed by atoms with Gasteiger partial charge < -0.3 is 9.73 Å². The molecular formula is C16H17NO3. The van der Waals surface area contributed by atoms with E-state index in [1.165, 1.54) is 0 Å². The highest BCUT2D eigenvalue weighted by atomic mass is 16.4. The maximum absolute atomic E-state index is 12.1. The lowest BCUT2D eigenvalue weighted by Crippen LogP contribution is -2.17. The summed E-state index contributed by atoms with van der Waals surface area (Å²) in [5, 5.41) is 3.11. The molecule has 1 N–H and O–H groups in total. The molecule has 4 heteroatoms. The number of hydrogen-bond acceptors (Lipinski definition) is 4. The van der Waals surface area contributed by atoms with Gasteiger partial charge in [0.1, 0.15) is 11.3 Å². The van der Waals surface area contributed by atoms with Crippen molar-refractivity contribution in [2.45, 2.75) is 26.7 Å². The number of benzene rings is 1. The summed E-state index contributed by atoms with van der Waals surface area (Å²) in [6, 6.07) is 11.1. The SMILES string of the molecule is CCCC(=O)c1c(Nc2ccccc2)cc(C)oc1=O. The standard InChI is InChI=1S/C16H17NO3/c1-3-7-14(18)15-13(10-11(2)20-16(15)19)17-12-8-5-4-6-9-12/h4-6,8-10,17H,3,7H2,1-2H3. The predicted octanol–water partition coefficient (Wildman–Crippen LogP) is 3.67. The van der Waals surface area contributed by atoms with Crippen molar-refractivity contribution < 1.29 is 9.21 Å². The molecule has 1 aromatic heterocycles. The van der Waals surface area contributed by atoms with E-state index in [1.54, 1.807) is 13.0 Å². The Bertz CT molecular complexity index is 659. The van der Waals surface area contributed by atoms with Crippen LogP contribution in [0.3, 0.4) is 0 Å². The second-order valence-corrected chi connectivity index (χ2v) is 4.60. The van der Waals surface area contributed by atoms with Gasteiger partial charge in [0.05, 0.1) is 5.69 Å². The third-order valence-electron chi connectivity index (χ3n) is 2.88. The first-order chi connectivity index (χ1) is 9.61. The minimum absolute atomic E-state index is 0.0984. The predicted molar refractivity (Wildman–Crippen MR) is 78.7 cm³/mol. The molecule has 0 unspecified atom stereocenters. The molecule has 2 aromatic rings. The Balaban J connectivity index is 2.45. The maximum atomic E-state index is 12.1. The normalized spacial score (nSPS) is 10.3. The van der Waals surface area contributed by atoms with E-state index in [0.717, 1.165) is 5.69 Å². The van der Waals surface area contributed by atoms with E-state index in [1.807, 2.05) is 37.3 Å². The highest BCUT2D eigenvalue weighted by Crippen LogP contribution is 2.21. The lowest BCUT2D eigenvalue weighted by Gasteiger charge is -2.10. The Morgan fingerprint density at radius 1 is 1.25 bits per heavy atom. The molecule has 0 bridgehead atoms. The first-order valence-electron chi connectivity index (χ1n) is 6.62. The van der Waals surface area contributed by atoms with E-state index in [0.29, 0.717) is 24.3 Å². The number of para-hydroxylation sites is 1. The van der Waals surface area contributed by atoms with Gasteiger partial charge in [-0.15, -0.1) is 0 Å². The molecule has 0 aliphatic heterocycles. The van der Waals surface area contributed by atoms with E-state index in [-0.39, 0.29) is 11.3 Å². The van der Waals surface area contributed by atoms with Crippen LogP contribution in [0.4, 0.5) is 11.4 Å². The van der Waals surface area contributed by atoms with E-state index >= 15 is 0 Å². The number of aryl methyl sites for hydroxylation is 1. The van der Waals surface area contributed by atoms with Crippen LogP contribution < -0.4 is 10.9 Å². The van der Waals surface area contributed by atoms with Gasteiger partial charge in [0.15, 0.2) is 5.78 Å². The molecular weight excluding hydrogens is 254 g/mol. The molecule has 0 fully saturated rings. The average Bonchev–Trinajstić information content (AvgIpc) is 2.39. The summed E-state index contributed by atoms with van der Waals surface area (Å²) in [6.07, 6.45) is 1.02. The fourth-order valence-corrected chi connectivity index (χ4v) is 2.00. The van der Waals surface area contributed by atoms with Crippen molar-refractivity contribution >= 4 is 17.2 Å². The Hall–Kier alpha value is -2.36. The van der Waals surface area contributed by atoms with Crippen LogP contribution >= 0.6 is 0 Å². The zero-order valence-corrected chi connectivity index (χ0v) is 11.6. The molecule has 0 aliphatic rings. The molecule has 20 heavy (non-hydrogen) atoms. The van der Waals surface area contributed by atoms with Crippen molar-refractivity contribution in [1.82, 2.24) is 0 Å². The summed E-state index contributed by atoms with van der Waals surface area (Å²) in [4.78, 5) is 24.0. The van der Waals surface area contributed by atoms with Crippen molar-refractivity contribution in [1.29, 1.82) is 0 Å². The summed E-state index contributed by atoms with van der Waals surface area (Å²) in [7, 11) is 0. The number of carbonyl (C=O) groups excluding carboxylic acids is 1. The van der Waals surface area contributed by atoms with Crippen molar-refractivity contribution in [3.63, 3.8) is 0 Å². The molecule has 0 saturated carbocycles. The largest absolute Gasteiger partial charge is 0.428 e. The topological polar surface area (TPSA) is 59.3 Å². The van der Waals surface area contributed by atoms with Crippen LogP contribution in [0, 0.1) is 6.92 Å². The quantitative estimate of drug-likeness (QED) is 0.843. The molecule has 0 spiro atoms. The van der Waals surface area contributed by atoms with Crippen molar-refractivity contribution in [3.05, 3.63) is 58.1 Å². The number of hydrogen-bond donors (Lipinski definition) is 1. The molecule has 0 saturated heterocycles. The smallest absolute Gasteiger partial charge is 0.348 e. The van der Waals surface area contributed by atoms with Crippen LogP contribution in [0.2, 0.25) is 0 Å². The van der Waals surface area contributed by atoms with Gasteiger partial charge in [0.25, 0.3) is 0 Å². The number of nitrogens with one attached hydrogen (secondary N) is 1. The number of Topliss-reactive ketones (excluding diaryl/α,β-unsaturated/α-hetero) is 1. The monoisotopic (exact) mass is 271 g/mol. The Labute approximate surface area is 117 Å². The van der Waals surface area contributed by atoms with Gasteiger partial charge in [-0.2, -0.15) is 0 Å². The molecule has 104 valence electrons. The summed E-state index contributed by atoms with van der Waals surface area (Å²) in [6.45, 7) is 3.59. The summed E-state index contributed by atoms with van der Waals surface area (Å²) in [5.41, 5.74) is 0.842. The van der Waals surface area contributed by atoms with Crippen LogP contribution in [0.25, 0.3) is 0 Å². The molecule has 1 heterocycles. The molecule has 0 atom stereocenters. The number of rotatable bonds is 5. The Kier molecular flexibility index (Phi) is 4.35. The third-order valence-corrected chi connectivity index (χ3v) is 2.88. The second-order valence-electron chi connectivity index (χ2n) is 4.60. The van der Waals surface area contributed by atoms with Gasteiger partial charge in [0.2, 0.25) is 0 Å². The zero-order valence-electron chi connectivity index (χ0n) is 11.6. The number of carbonyl (C=O) groups is 1. The molecule has 0 amide bonds. The van der Waals surface area contributed by atoms with Crippen LogP contribution in [0.1, 0.15) is 35.9 Å². The van der Waals surface area contributed by atoms with Crippen LogP contribution in [0.15, 0.2) is 45.6 Å². The summed E-state index contributed by atoms with van der Waals surface area (Å²) >= 11 is 0. The lowest BCUT2D eigenvalue weighted by molar-refractivity contribution is 0.0978. The molecule has 0 aliphatic carbocycles. The van der Waals surface area contributed by atoms with Crippen LogP contribution in [-0.2, 0) is 0 Å². The minimum Gasteiger partial charge on any atom is -0.428 e. The fraction of sp³-hybridized carbons (Fsp3) is 0.250. The average molecular weight is 271 g/mol.